The molecule has 29 heavy (non-hydrogen) atoms. The van der Waals surface area contributed by atoms with Crippen LogP contribution >= 0.6 is 22.7 Å². The van der Waals surface area contributed by atoms with E-state index in [2.05, 4.69) is 14.7 Å². The summed E-state index contributed by atoms with van der Waals surface area (Å²) in [4.78, 5) is 19.4. The van der Waals surface area contributed by atoms with Gasteiger partial charge in [-0.1, -0.05) is 18.2 Å². The number of thiazole rings is 1. The van der Waals surface area contributed by atoms with E-state index in [9.17, 15) is 13.2 Å². The number of aromatic amines is 1. The molecular formula is C19H17N3O4S3. The molecule has 10 heteroatoms. The van der Waals surface area contributed by atoms with Gasteiger partial charge in [0.1, 0.15) is 9.22 Å². The summed E-state index contributed by atoms with van der Waals surface area (Å²) in [6.45, 7) is 2.10. The van der Waals surface area contributed by atoms with Crippen molar-refractivity contribution in [1.82, 2.24) is 9.97 Å². The van der Waals surface area contributed by atoms with Crippen LogP contribution in [0.25, 0.3) is 21.6 Å². The maximum Gasteiger partial charge on any atom is 0.311 e. The number of nitrogens with one attached hydrogen (secondary N) is 2. The molecule has 0 bridgehead atoms. The van der Waals surface area contributed by atoms with Gasteiger partial charge in [-0.05, 0) is 30.5 Å². The number of hydrogen-bond donors (Lipinski definition) is 2. The molecule has 0 aliphatic carbocycles. The van der Waals surface area contributed by atoms with Gasteiger partial charge in [-0.15, -0.1) is 22.7 Å². The molecule has 3 heterocycles. The minimum Gasteiger partial charge on any atom is -0.466 e. The van der Waals surface area contributed by atoms with E-state index in [1.165, 1.54) is 11.3 Å². The number of H-pyrrole nitrogens is 1. The minimum absolute atomic E-state index is 0.121. The van der Waals surface area contributed by atoms with Gasteiger partial charge < -0.3 is 9.72 Å². The Labute approximate surface area is 175 Å². The molecule has 0 aliphatic heterocycles. The Balaban J connectivity index is 1.63. The average Bonchev–Trinajstić information content (AvgIpc) is 3.42. The quantitative estimate of drug-likeness (QED) is 0.412. The molecule has 1 aromatic carbocycles. The third-order valence-corrected chi connectivity index (χ3v) is 7.76. The average molecular weight is 448 g/mol. The fraction of sp³-hybridized carbons (Fsp3) is 0.158. The number of hydrogen-bond acceptors (Lipinski definition) is 7. The Kier molecular flexibility index (Phi) is 5.39. The number of rotatable bonds is 7. The van der Waals surface area contributed by atoms with Gasteiger partial charge in [-0.2, -0.15) is 0 Å². The first-order valence-electron chi connectivity index (χ1n) is 8.74. The van der Waals surface area contributed by atoms with Crippen molar-refractivity contribution >= 4 is 55.3 Å². The molecule has 3 aromatic heterocycles. The van der Waals surface area contributed by atoms with Gasteiger partial charge in [0.2, 0.25) is 0 Å². The van der Waals surface area contributed by atoms with E-state index in [0.717, 1.165) is 22.4 Å². The summed E-state index contributed by atoms with van der Waals surface area (Å²) in [6.07, 6.45) is 0.121. The molecule has 7 nitrogen and oxygen atoms in total. The van der Waals surface area contributed by atoms with Crippen molar-refractivity contribution in [2.24, 2.45) is 0 Å². The van der Waals surface area contributed by atoms with Gasteiger partial charge >= 0.3 is 5.97 Å². The normalized spacial score (nSPS) is 11.6. The Morgan fingerprint density at radius 2 is 2.10 bits per heavy atom. The lowest BCUT2D eigenvalue weighted by molar-refractivity contribution is -0.142. The predicted molar refractivity (Wildman–Crippen MR) is 115 cm³/mol. The molecule has 150 valence electrons. The first-order valence-corrected chi connectivity index (χ1v) is 12.0. The molecule has 0 unspecified atom stereocenters. The highest BCUT2D eigenvalue weighted by molar-refractivity contribution is 7.94. The van der Waals surface area contributed by atoms with Gasteiger partial charge in [-0.3, -0.25) is 9.52 Å². The number of carbonyl (C=O) groups excluding carboxylic acids is 1. The van der Waals surface area contributed by atoms with Crippen LogP contribution in [0.1, 0.15) is 12.6 Å². The van der Waals surface area contributed by atoms with E-state index in [1.54, 1.807) is 36.6 Å². The van der Waals surface area contributed by atoms with Crippen molar-refractivity contribution in [3.05, 3.63) is 52.9 Å². The Morgan fingerprint density at radius 3 is 2.86 bits per heavy atom. The van der Waals surface area contributed by atoms with Crippen LogP contribution in [0.5, 0.6) is 0 Å². The highest BCUT2D eigenvalue weighted by atomic mass is 32.2. The number of aromatic nitrogens is 2. The number of thiophene rings is 1. The number of sulfonamides is 1. The SMILES string of the molecule is CCOC(=O)Cc1csc(-c2cc3cccc(NS(=O)(=O)c4cccs4)c3[nH]2)n1. The van der Waals surface area contributed by atoms with E-state index < -0.39 is 10.0 Å². The fourth-order valence-corrected chi connectivity index (χ4v) is 5.69. The van der Waals surface area contributed by atoms with Crippen LogP contribution in [-0.4, -0.2) is 31.0 Å². The fourth-order valence-electron chi connectivity index (χ4n) is 2.84. The predicted octanol–water partition coefficient (Wildman–Crippen LogP) is 4.26. The zero-order valence-corrected chi connectivity index (χ0v) is 17.8. The molecule has 0 amide bonds. The van der Waals surface area contributed by atoms with Crippen molar-refractivity contribution in [3.63, 3.8) is 0 Å². The first kappa shape index (κ1) is 19.6. The van der Waals surface area contributed by atoms with Crippen LogP contribution in [0.3, 0.4) is 0 Å². The molecule has 0 saturated heterocycles. The third kappa shape index (κ3) is 4.19. The number of anilines is 1. The number of ether oxygens (including phenoxy) is 1. The molecule has 0 radical (unpaired) electrons. The zero-order valence-electron chi connectivity index (χ0n) is 15.3. The highest BCUT2D eigenvalue weighted by Crippen LogP contribution is 2.32. The molecule has 4 rings (SSSR count). The van der Waals surface area contributed by atoms with Crippen molar-refractivity contribution in [2.75, 3.05) is 11.3 Å². The second-order valence-electron chi connectivity index (χ2n) is 6.12. The van der Waals surface area contributed by atoms with Crippen molar-refractivity contribution < 1.29 is 17.9 Å². The second kappa shape index (κ2) is 7.97. The lowest BCUT2D eigenvalue weighted by Gasteiger charge is -2.07. The lowest BCUT2D eigenvalue weighted by Crippen LogP contribution is -2.11. The van der Waals surface area contributed by atoms with E-state index in [0.29, 0.717) is 28.5 Å². The van der Waals surface area contributed by atoms with Gasteiger partial charge in [0, 0.05) is 10.8 Å². The monoisotopic (exact) mass is 447 g/mol. The van der Waals surface area contributed by atoms with E-state index in [1.807, 2.05) is 17.5 Å². The smallest absolute Gasteiger partial charge is 0.311 e. The molecule has 2 N–H and O–H groups in total. The molecular weight excluding hydrogens is 430 g/mol. The van der Waals surface area contributed by atoms with Gasteiger partial charge in [0.15, 0.2) is 0 Å². The summed E-state index contributed by atoms with van der Waals surface area (Å²) < 4.78 is 33.0. The van der Waals surface area contributed by atoms with Gasteiger partial charge in [0.05, 0.1) is 35.6 Å². The summed E-state index contributed by atoms with van der Waals surface area (Å²) in [6, 6.07) is 10.6. The summed E-state index contributed by atoms with van der Waals surface area (Å²) in [5.74, 6) is -0.314. The van der Waals surface area contributed by atoms with Crippen molar-refractivity contribution in [2.45, 2.75) is 17.6 Å². The number of esters is 1. The van der Waals surface area contributed by atoms with Gasteiger partial charge in [-0.25, -0.2) is 13.4 Å². The molecule has 0 fully saturated rings. The number of para-hydroxylation sites is 1. The van der Waals surface area contributed by atoms with Gasteiger partial charge in [0.25, 0.3) is 10.0 Å². The highest BCUT2D eigenvalue weighted by Gasteiger charge is 2.18. The van der Waals surface area contributed by atoms with E-state index in [-0.39, 0.29) is 16.6 Å². The van der Waals surface area contributed by atoms with Crippen LogP contribution < -0.4 is 4.72 Å². The Bertz CT molecular complexity index is 1260. The first-order chi connectivity index (χ1) is 14.0. The van der Waals surface area contributed by atoms with Crippen LogP contribution in [0.2, 0.25) is 0 Å². The summed E-state index contributed by atoms with van der Waals surface area (Å²) in [7, 11) is -3.65. The number of nitrogens with zero attached hydrogens (tertiary/aromatic N) is 1. The molecule has 0 aliphatic rings. The van der Waals surface area contributed by atoms with Crippen LogP contribution in [0.4, 0.5) is 5.69 Å². The summed E-state index contributed by atoms with van der Waals surface area (Å²) in [5.41, 5.74) is 2.53. The molecule has 0 atom stereocenters. The number of carbonyl (C=O) groups is 1. The van der Waals surface area contributed by atoms with E-state index in [4.69, 9.17) is 4.74 Å². The zero-order chi connectivity index (χ0) is 20.4. The van der Waals surface area contributed by atoms with Crippen LogP contribution in [-0.2, 0) is 26.0 Å². The third-order valence-electron chi connectivity index (χ3n) is 4.07. The topological polar surface area (TPSA) is 101 Å². The standard InChI is InChI=1S/C19H17N3O4S3/c1-2-26-16(23)10-13-11-28-19(20-13)15-9-12-5-3-6-14(18(12)21-15)22-29(24,25)17-7-4-8-27-17/h3-9,11,21-22H,2,10H2,1H3. The minimum atomic E-state index is -3.65. The molecule has 0 spiro atoms. The maximum absolute atomic E-state index is 12.6. The number of benzene rings is 1. The molecule has 4 aromatic rings. The summed E-state index contributed by atoms with van der Waals surface area (Å²) >= 11 is 2.57. The van der Waals surface area contributed by atoms with Crippen LogP contribution in [0.15, 0.2) is 51.4 Å². The summed E-state index contributed by atoms with van der Waals surface area (Å²) in [5, 5.41) is 5.11. The lowest BCUT2D eigenvalue weighted by atomic mass is 10.2. The Hall–Kier alpha value is -2.69. The van der Waals surface area contributed by atoms with E-state index >= 15 is 0 Å². The van der Waals surface area contributed by atoms with Crippen molar-refractivity contribution in [1.29, 1.82) is 0 Å². The van der Waals surface area contributed by atoms with Crippen LogP contribution in [0, 0.1) is 0 Å². The second-order valence-corrected chi connectivity index (χ2v) is 9.83. The molecule has 0 saturated carbocycles. The largest absolute Gasteiger partial charge is 0.466 e. The van der Waals surface area contributed by atoms with Crippen molar-refractivity contribution in [3.8, 4) is 10.7 Å². The maximum atomic E-state index is 12.6. The Morgan fingerprint density at radius 1 is 1.24 bits per heavy atom. The number of fused-ring (bicyclic) bond motifs is 1.